The smallest absolute Gasteiger partial charge is 0.237 e. The van der Waals surface area contributed by atoms with Crippen molar-refractivity contribution in [3.8, 4) is 0 Å². The molecule has 0 amide bonds. The second-order valence-corrected chi connectivity index (χ2v) is 7.48. The van der Waals surface area contributed by atoms with Crippen molar-refractivity contribution in [1.82, 2.24) is 0 Å². The molecule has 0 N–H and O–H groups in total. The Morgan fingerprint density at radius 1 is 0.514 bits per heavy atom. The van der Waals surface area contributed by atoms with Gasteiger partial charge in [-0.15, -0.1) is 0 Å². The fourth-order valence-corrected chi connectivity index (χ4v) is 2.80. The van der Waals surface area contributed by atoms with Gasteiger partial charge in [0, 0.05) is 11.1 Å². The minimum absolute atomic E-state index is 0.277. The van der Waals surface area contributed by atoms with Gasteiger partial charge in [0.2, 0.25) is 0 Å². The predicted molar refractivity (Wildman–Crippen MR) is 84.6 cm³/mol. The second kappa shape index (κ2) is 9.59. The molecule has 0 saturated heterocycles. The summed E-state index contributed by atoms with van der Waals surface area (Å²) in [4.78, 5) is 0. The molecular weight excluding hydrogens is 574 g/mol. The topological polar surface area (TPSA) is 19.9 Å². The van der Waals surface area contributed by atoms with Crippen molar-refractivity contribution in [2.24, 2.45) is 0 Å². The molecular formula is C18H11F18O. The van der Waals surface area contributed by atoms with E-state index in [1.807, 2.05) is 0 Å². The van der Waals surface area contributed by atoms with Crippen LogP contribution < -0.4 is 0 Å². The molecule has 0 atom stereocenters. The van der Waals surface area contributed by atoms with E-state index in [1.54, 1.807) is 0 Å². The highest BCUT2D eigenvalue weighted by Gasteiger charge is 2.83. The van der Waals surface area contributed by atoms with Gasteiger partial charge in [-0.2, -0.15) is 79.0 Å². The summed E-state index contributed by atoms with van der Waals surface area (Å²) in [7, 11) is 0. The molecule has 0 aliphatic heterocycles. The molecule has 0 aromatic heterocycles. The number of hydrogen-bond acceptors (Lipinski definition) is 0. The van der Waals surface area contributed by atoms with Gasteiger partial charge in [-0.25, -0.2) is 5.11 Å². The van der Waals surface area contributed by atoms with Crippen LogP contribution in [0.5, 0.6) is 0 Å². The first-order valence-electron chi connectivity index (χ1n) is 9.28. The average Bonchev–Trinajstić information content (AvgIpc) is 2.71. The Hall–Kier alpha value is -2.08. The van der Waals surface area contributed by atoms with Crippen molar-refractivity contribution < 1.29 is 84.1 Å². The van der Waals surface area contributed by atoms with Gasteiger partial charge in [0.1, 0.15) is 0 Å². The number of benzene rings is 1. The molecule has 0 unspecified atom stereocenters. The molecule has 1 aromatic rings. The van der Waals surface area contributed by atoms with Gasteiger partial charge in [0.25, 0.3) is 0 Å². The molecule has 0 spiro atoms. The van der Waals surface area contributed by atoms with Crippen LogP contribution >= 0.6 is 0 Å². The van der Waals surface area contributed by atoms with Gasteiger partial charge < -0.3 is 0 Å². The summed E-state index contributed by atoms with van der Waals surface area (Å²) in [5, 5.41) is 10.4. The summed E-state index contributed by atoms with van der Waals surface area (Å²) in [6.45, 7) is -0.997. The summed E-state index contributed by atoms with van der Waals surface area (Å²) in [6, 6.07) is -2.10. The Morgan fingerprint density at radius 2 is 0.919 bits per heavy atom. The highest BCUT2D eigenvalue weighted by Crippen LogP contribution is 2.59. The first-order chi connectivity index (χ1) is 16.2. The van der Waals surface area contributed by atoms with E-state index in [2.05, 4.69) is 0 Å². The van der Waals surface area contributed by atoms with Crippen LogP contribution in [0.2, 0.25) is 0 Å². The zero-order valence-electron chi connectivity index (χ0n) is 17.3. The van der Waals surface area contributed by atoms with Crippen LogP contribution in [0, 0.1) is 0 Å². The van der Waals surface area contributed by atoms with E-state index < -0.39 is 103 Å². The fraction of sp³-hybridized carbons (Fsp3) is 0.667. The SMILES string of the molecule is [O]CCCCc1ccc(C(F)(F)C(F)(F)C(F)(F)C(F)(F)F)cc1C(F)(F)C(F)(F)C(F)(F)C(F)(F)F. The minimum atomic E-state index is -7.60. The highest BCUT2D eigenvalue weighted by atomic mass is 19.4. The normalized spacial score (nSPS) is 15.3. The van der Waals surface area contributed by atoms with Crippen molar-refractivity contribution in [3.05, 3.63) is 34.9 Å². The Kier molecular flexibility index (Phi) is 8.54. The van der Waals surface area contributed by atoms with Crippen molar-refractivity contribution in [1.29, 1.82) is 0 Å². The molecule has 0 heterocycles. The number of alkyl halides is 18. The Labute approximate surface area is 194 Å². The molecule has 0 saturated carbocycles. The third-order valence-corrected chi connectivity index (χ3v) is 4.94. The van der Waals surface area contributed by atoms with Crippen LogP contribution in [0.3, 0.4) is 0 Å². The average molecular weight is 585 g/mol. The van der Waals surface area contributed by atoms with Crippen LogP contribution in [0.4, 0.5) is 79.0 Å². The van der Waals surface area contributed by atoms with Crippen molar-refractivity contribution in [2.45, 2.75) is 67.2 Å². The van der Waals surface area contributed by atoms with Gasteiger partial charge in [-0.05, 0) is 30.9 Å². The van der Waals surface area contributed by atoms with Crippen LogP contribution in [0.25, 0.3) is 0 Å². The molecule has 1 rings (SSSR count). The van der Waals surface area contributed by atoms with Crippen molar-refractivity contribution in [2.75, 3.05) is 6.61 Å². The largest absolute Gasteiger partial charge is 0.460 e. The molecule has 0 aliphatic carbocycles. The van der Waals surface area contributed by atoms with Crippen molar-refractivity contribution in [3.63, 3.8) is 0 Å². The van der Waals surface area contributed by atoms with Gasteiger partial charge >= 0.3 is 47.9 Å². The summed E-state index contributed by atoms with van der Waals surface area (Å²) in [5.74, 6) is -43.9. The first kappa shape index (κ1) is 32.9. The summed E-state index contributed by atoms with van der Waals surface area (Å²) in [6.07, 6.45) is -17.0. The maximum atomic E-state index is 14.5. The van der Waals surface area contributed by atoms with E-state index in [0.29, 0.717) is 0 Å². The third kappa shape index (κ3) is 5.15. The third-order valence-electron chi connectivity index (χ3n) is 4.94. The lowest BCUT2D eigenvalue weighted by atomic mass is 9.87. The molecule has 0 fully saturated rings. The maximum Gasteiger partial charge on any atom is 0.460 e. The van der Waals surface area contributed by atoms with E-state index in [-0.39, 0.29) is 6.07 Å². The highest BCUT2D eigenvalue weighted by molar-refractivity contribution is 5.40. The second-order valence-electron chi connectivity index (χ2n) is 7.48. The van der Waals surface area contributed by atoms with Gasteiger partial charge in [0.15, 0.2) is 0 Å². The number of unbranched alkanes of at least 4 members (excludes halogenated alkanes) is 1. The molecule has 1 radical (unpaired) electrons. The molecule has 1 aromatic carbocycles. The van der Waals surface area contributed by atoms with Gasteiger partial charge in [-0.3, -0.25) is 0 Å². The Balaban J connectivity index is 3.93. The first-order valence-corrected chi connectivity index (χ1v) is 9.28. The van der Waals surface area contributed by atoms with E-state index in [4.69, 9.17) is 0 Å². The summed E-state index contributed by atoms with van der Waals surface area (Å²) >= 11 is 0. The summed E-state index contributed by atoms with van der Waals surface area (Å²) in [5.41, 5.74) is -7.41. The zero-order chi connectivity index (χ0) is 29.7. The summed E-state index contributed by atoms with van der Waals surface area (Å²) < 4.78 is 239. The lowest BCUT2D eigenvalue weighted by molar-refractivity contribution is -0.400. The quantitative estimate of drug-likeness (QED) is 0.195. The van der Waals surface area contributed by atoms with E-state index in [9.17, 15) is 84.1 Å². The monoisotopic (exact) mass is 585 g/mol. The fourth-order valence-electron chi connectivity index (χ4n) is 2.80. The standard InChI is InChI=1S/C18H11F18O/c19-11(20,13(23,24)15(27,28)17(31,32)33)9-5-4-8(3-1-2-6-37)10(7-9)12(21,22)14(25,26)16(29,30)18(34,35)36/h4-5,7H,1-3,6H2. The number of aryl methyl sites for hydroxylation is 1. The molecule has 215 valence electrons. The number of hydrogen-bond donors (Lipinski definition) is 0. The maximum absolute atomic E-state index is 14.5. The molecule has 19 heteroatoms. The number of rotatable bonds is 10. The lowest BCUT2D eigenvalue weighted by Crippen LogP contribution is -2.60. The molecule has 1 nitrogen and oxygen atoms in total. The van der Waals surface area contributed by atoms with Crippen LogP contribution in [0.15, 0.2) is 18.2 Å². The molecule has 37 heavy (non-hydrogen) atoms. The van der Waals surface area contributed by atoms with E-state index in [1.165, 1.54) is 0 Å². The van der Waals surface area contributed by atoms with Crippen molar-refractivity contribution >= 4 is 0 Å². The lowest BCUT2D eigenvalue weighted by Gasteiger charge is -2.36. The van der Waals surface area contributed by atoms with Crippen LogP contribution in [-0.2, 0) is 23.4 Å². The zero-order valence-corrected chi connectivity index (χ0v) is 17.3. The predicted octanol–water partition coefficient (Wildman–Crippen LogP) is 8.29. The molecule has 0 bridgehead atoms. The Morgan fingerprint density at radius 3 is 1.30 bits per heavy atom. The van der Waals surface area contributed by atoms with Gasteiger partial charge in [-0.1, -0.05) is 12.1 Å². The Bertz CT molecular complexity index is 943. The van der Waals surface area contributed by atoms with Crippen LogP contribution in [-0.4, -0.2) is 42.6 Å². The number of halogens is 18. The van der Waals surface area contributed by atoms with E-state index in [0.717, 1.165) is 0 Å². The van der Waals surface area contributed by atoms with E-state index >= 15 is 0 Å². The van der Waals surface area contributed by atoms with Crippen LogP contribution in [0.1, 0.15) is 29.5 Å². The molecule has 0 aliphatic rings. The minimum Gasteiger partial charge on any atom is -0.237 e. The van der Waals surface area contributed by atoms with Gasteiger partial charge in [0.05, 0.1) is 6.61 Å².